The molecule has 24 heavy (non-hydrogen) atoms. The maximum Gasteiger partial charge on any atom is 0.254 e. The van der Waals surface area contributed by atoms with Gasteiger partial charge in [-0.3, -0.25) is 9.69 Å². The van der Waals surface area contributed by atoms with Gasteiger partial charge in [-0.05, 0) is 38.1 Å². The Morgan fingerprint density at radius 1 is 1.12 bits per heavy atom. The maximum atomic E-state index is 11.9. The summed E-state index contributed by atoms with van der Waals surface area (Å²) < 4.78 is 15.8. The third-order valence-corrected chi connectivity index (χ3v) is 3.91. The van der Waals surface area contributed by atoms with E-state index in [-0.39, 0.29) is 5.91 Å². The van der Waals surface area contributed by atoms with Crippen molar-refractivity contribution in [3.05, 3.63) is 17.7 Å². The van der Waals surface area contributed by atoms with Gasteiger partial charge in [-0.25, -0.2) is 5.43 Å². The molecule has 1 amide bonds. The number of hydrazone groups is 1. The SMILES string of the molecule is COc1cc(C=NNC(=O)CN2CCCCC2)cc(OC)c1OC. The fraction of sp³-hybridized carbons (Fsp3) is 0.529. The Labute approximate surface area is 142 Å². The number of hydrogen-bond donors (Lipinski definition) is 1. The summed E-state index contributed by atoms with van der Waals surface area (Å²) in [6.07, 6.45) is 5.11. The molecule has 2 rings (SSSR count). The van der Waals surface area contributed by atoms with Crippen molar-refractivity contribution in [3.8, 4) is 17.2 Å². The van der Waals surface area contributed by atoms with E-state index >= 15 is 0 Å². The number of nitrogens with zero attached hydrogens (tertiary/aromatic N) is 2. The van der Waals surface area contributed by atoms with Crippen LogP contribution in [0.5, 0.6) is 17.2 Å². The zero-order valence-corrected chi connectivity index (χ0v) is 14.5. The van der Waals surface area contributed by atoms with Crippen molar-refractivity contribution >= 4 is 12.1 Å². The van der Waals surface area contributed by atoms with Crippen LogP contribution in [0, 0.1) is 0 Å². The molecule has 0 saturated carbocycles. The van der Waals surface area contributed by atoms with E-state index in [4.69, 9.17) is 14.2 Å². The molecule has 0 aromatic heterocycles. The fourth-order valence-corrected chi connectivity index (χ4v) is 2.71. The summed E-state index contributed by atoms with van der Waals surface area (Å²) >= 11 is 0. The van der Waals surface area contributed by atoms with Crippen LogP contribution in [0.1, 0.15) is 24.8 Å². The second kappa shape index (κ2) is 9.12. The van der Waals surface area contributed by atoms with E-state index in [1.165, 1.54) is 6.42 Å². The van der Waals surface area contributed by atoms with E-state index in [2.05, 4.69) is 15.4 Å². The van der Waals surface area contributed by atoms with Crippen LogP contribution in [0.25, 0.3) is 0 Å². The largest absolute Gasteiger partial charge is 0.493 e. The van der Waals surface area contributed by atoms with Gasteiger partial charge in [0.1, 0.15) is 0 Å². The number of carbonyl (C=O) groups is 1. The van der Waals surface area contributed by atoms with Crippen molar-refractivity contribution in [3.63, 3.8) is 0 Å². The highest BCUT2D eigenvalue weighted by Crippen LogP contribution is 2.37. The molecule has 0 bridgehead atoms. The molecule has 1 heterocycles. The minimum Gasteiger partial charge on any atom is -0.493 e. The topological polar surface area (TPSA) is 72.4 Å². The lowest BCUT2D eigenvalue weighted by Gasteiger charge is -2.25. The summed E-state index contributed by atoms with van der Waals surface area (Å²) in [6, 6.07) is 3.53. The average molecular weight is 335 g/mol. The van der Waals surface area contributed by atoms with Crippen LogP contribution < -0.4 is 19.6 Å². The first-order chi connectivity index (χ1) is 11.7. The Bertz CT molecular complexity index is 558. The van der Waals surface area contributed by atoms with Crippen LogP contribution in [0.4, 0.5) is 0 Å². The Kier molecular flexibility index (Phi) is 6.87. The van der Waals surface area contributed by atoms with Gasteiger partial charge >= 0.3 is 0 Å². The molecule has 0 aliphatic carbocycles. The van der Waals surface area contributed by atoms with Crippen LogP contribution in [-0.2, 0) is 4.79 Å². The predicted octanol–water partition coefficient (Wildman–Crippen LogP) is 1.65. The molecule has 0 unspecified atom stereocenters. The summed E-state index contributed by atoms with van der Waals surface area (Å²) in [5.74, 6) is 1.49. The van der Waals surface area contributed by atoms with Crippen molar-refractivity contribution < 1.29 is 19.0 Å². The number of amides is 1. The van der Waals surface area contributed by atoms with Crippen molar-refractivity contribution in [1.82, 2.24) is 10.3 Å². The fourth-order valence-electron chi connectivity index (χ4n) is 2.71. The van der Waals surface area contributed by atoms with Gasteiger partial charge in [0.25, 0.3) is 5.91 Å². The first-order valence-electron chi connectivity index (χ1n) is 8.02. The number of carbonyl (C=O) groups excluding carboxylic acids is 1. The summed E-state index contributed by atoms with van der Waals surface area (Å²) in [4.78, 5) is 14.1. The highest BCUT2D eigenvalue weighted by molar-refractivity contribution is 5.84. The molecular weight excluding hydrogens is 310 g/mol. The van der Waals surface area contributed by atoms with Crippen molar-refractivity contribution in [2.75, 3.05) is 41.0 Å². The summed E-state index contributed by atoms with van der Waals surface area (Å²) in [5.41, 5.74) is 3.30. The number of hydrogen-bond acceptors (Lipinski definition) is 6. The maximum absolute atomic E-state index is 11.9. The lowest BCUT2D eigenvalue weighted by atomic mass is 10.1. The van der Waals surface area contributed by atoms with Crippen molar-refractivity contribution in [1.29, 1.82) is 0 Å². The van der Waals surface area contributed by atoms with E-state index < -0.39 is 0 Å². The molecule has 0 radical (unpaired) electrons. The van der Waals surface area contributed by atoms with Gasteiger partial charge < -0.3 is 14.2 Å². The molecule has 0 atom stereocenters. The van der Waals surface area contributed by atoms with Gasteiger partial charge in [-0.1, -0.05) is 6.42 Å². The van der Waals surface area contributed by atoms with E-state index in [1.54, 1.807) is 39.7 Å². The lowest BCUT2D eigenvalue weighted by Crippen LogP contribution is -2.38. The molecule has 1 N–H and O–H groups in total. The number of methoxy groups -OCH3 is 3. The highest BCUT2D eigenvalue weighted by atomic mass is 16.5. The second-order valence-corrected chi connectivity index (χ2v) is 5.59. The monoisotopic (exact) mass is 335 g/mol. The van der Waals surface area contributed by atoms with Crippen molar-refractivity contribution in [2.24, 2.45) is 5.10 Å². The van der Waals surface area contributed by atoms with Gasteiger partial charge in [0.05, 0.1) is 34.1 Å². The minimum absolute atomic E-state index is 0.111. The quantitative estimate of drug-likeness (QED) is 0.606. The summed E-state index contributed by atoms with van der Waals surface area (Å²) in [5, 5.41) is 4.01. The van der Waals surface area contributed by atoms with Crippen LogP contribution in [0.3, 0.4) is 0 Å². The number of rotatable bonds is 7. The van der Waals surface area contributed by atoms with Crippen molar-refractivity contribution in [2.45, 2.75) is 19.3 Å². The summed E-state index contributed by atoms with van der Waals surface area (Å²) in [6.45, 7) is 2.33. The van der Waals surface area contributed by atoms with Crippen LogP contribution in [-0.4, -0.2) is 58.0 Å². The molecule has 1 fully saturated rings. The van der Waals surface area contributed by atoms with Crippen LogP contribution in [0.2, 0.25) is 0 Å². The Morgan fingerprint density at radius 3 is 2.29 bits per heavy atom. The number of likely N-dealkylation sites (tertiary alicyclic amines) is 1. The number of piperidine rings is 1. The number of benzene rings is 1. The van der Waals surface area contributed by atoms with Gasteiger partial charge in [0.15, 0.2) is 11.5 Å². The predicted molar refractivity (Wildman–Crippen MR) is 92.1 cm³/mol. The first-order valence-corrected chi connectivity index (χ1v) is 8.02. The molecule has 1 aromatic carbocycles. The van der Waals surface area contributed by atoms with Gasteiger partial charge in [-0.15, -0.1) is 0 Å². The molecule has 1 aliphatic rings. The molecule has 1 aliphatic heterocycles. The standard InChI is InChI=1S/C17H25N3O4/c1-22-14-9-13(10-15(23-2)17(14)24-3)11-18-19-16(21)12-20-7-5-4-6-8-20/h9-11H,4-8,12H2,1-3H3,(H,19,21). The zero-order valence-electron chi connectivity index (χ0n) is 14.5. The second-order valence-electron chi connectivity index (χ2n) is 5.59. The number of nitrogens with one attached hydrogen (secondary N) is 1. The third-order valence-electron chi connectivity index (χ3n) is 3.91. The Hall–Kier alpha value is -2.28. The molecule has 1 saturated heterocycles. The zero-order chi connectivity index (χ0) is 17.4. The normalized spacial score (nSPS) is 15.3. The van der Waals surface area contributed by atoms with E-state index in [0.29, 0.717) is 23.8 Å². The van der Waals surface area contributed by atoms with Gasteiger partial charge in [0, 0.05) is 5.56 Å². The molecule has 7 nitrogen and oxygen atoms in total. The van der Waals surface area contributed by atoms with Gasteiger partial charge in [-0.2, -0.15) is 5.10 Å². The number of ether oxygens (including phenoxy) is 3. The van der Waals surface area contributed by atoms with Crippen LogP contribution in [0.15, 0.2) is 17.2 Å². The van der Waals surface area contributed by atoms with Gasteiger partial charge in [0.2, 0.25) is 5.75 Å². The van der Waals surface area contributed by atoms with E-state index in [1.807, 2.05) is 0 Å². The lowest BCUT2D eigenvalue weighted by molar-refractivity contribution is -0.122. The highest BCUT2D eigenvalue weighted by Gasteiger charge is 2.14. The molecule has 132 valence electrons. The molecular formula is C17H25N3O4. The van der Waals surface area contributed by atoms with E-state index in [9.17, 15) is 4.79 Å². The average Bonchev–Trinajstić information content (AvgIpc) is 2.61. The molecule has 7 heteroatoms. The third kappa shape index (κ3) is 4.86. The Balaban J connectivity index is 1.96. The van der Waals surface area contributed by atoms with E-state index in [0.717, 1.165) is 31.5 Å². The van der Waals surface area contributed by atoms with Crippen LogP contribution >= 0.6 is 0 Å². The molecule has 0 spiro atoms. The molecule has 1 aromatic rings. The summed E-state index contributed by atoms with van der Waals surface area (Å²) in [7, 11) is 4.66. The Morgan fingerprint density at radius 2 is 1.75 bits per heavy atom. The smallest absolute Gasteiger partial charge is 0.254 e. The first kappa shape index (κ1) is 18.1. The minimum atomic E-state index is -0.111.